The third kappa shape index (κ3) is 4.85. The number of para-hydroxylation sites is 1. The Morgan fingerprint density at radius 3 is 2.60 bits per heavy atom. The highest BCUT2D eigenvalue weighted by atomic mass is 79.9. The molecule has 7 nitrogen and oxygen atoms in total. The van der Waals surface area contributed by atoms with Crippen molar-refractivity contribution in [3.05, 3.63) is 58.8 Å². The molecule has 3 aromatic rings. The number of carbonyl (C=O) groups is 1. The van der Waals surface area contributed by atoms with E-state index in [-0.39, 0.29) is 11.4 Å². The number of benzene rings is 2. The smallest absolute Gasteiger partial charge is 0.243 e. The van der Waals surface area contributed by atoms with Gasteiger partial charge in [0, 0.05) is 16.9 Å². The molecule has 0 fully saturated rings. The summed E-state index contributed by atoms with van der Waals surface area (Å²) in [5.41, 5.74) is 0.616. The second-order valence-electron chi connectivity index (χ2n) is 6.76. The molecule has 0 spiro atoms. The summed E-state index contributed by atoms with van der Waals surface area (Å²) in [5, 5.41) is 3.65. The molecule has 1 aromatic heterocycles. The molecule has 3 rings (SSSR count). The van der Waals surface area contributed by atoms with E-state index >= 15 is 0 Å². The maximum Gasteiger partial charge on any atom is 0.243 e. The zero-order valence-electron chi connectivity index (χ0n) is 16.9. The molecule has 1 unspecified atom stereocenters. The quantitative estimate of drug-likeness (QED) is 0.509. The standard InChI is InChI=1S/C21H23BrN2O5S/c1-4-28-18-7-5-6-15-12-19(29-21(15)18)14(2)23-20(25)13-24(3)30(26,27)17-10-8-16(22)9-11-17/h5-12,14H,4,13H2,1-3H3,(H,23,25). The third-order valence-corrected chi connectivity index (χ3v) is 6.87. The van der Waals surface area contributed by atoms with Crippen molar-refractivity contribution >= 4 is 42.8 Å². The van der Waals surface area contributed by atoms with Crippen LogP contribution in [0.5, 0.6) is 5.75 Å². The number of nitrogens with one attached hydrogen (secondary N) is 1. The number of hydrogen-bond donors (Lipinski definition) is 1. The van der Waals surface area contributed by atoms with E-state index < -0.39 is 22.0 Å². The van der Waals surface area contributed by atoms with Crippen molar-refractivity contribution in [1.82, 2.24) is 9.62 Å². The van der Waals surface area contributed by atoms with Gasteiger partial charge in [0.25, 0.3) is 0 Å². The molecule has 0 saturated carbocycles. The number of rotatable bonds is 8. The van der Waals surface area contributed by atoms with Crippen LogP contribution in [0.4, 0.5) is 0 Å². The van der Waals surface area contributed by atoms with Crippen molar-refractivity contribution in [3.63, 3.8) is 0 Å². The van der Waals surface area contributed by atoms with Crippen molar-refractivity contribution in [2.24, 2.45) is 0 Å². The molecule has 160 valence electrons. The monoisotopic (exact) mass is 494 g/mol. The summed E-state index contributed by atoms with van der Waals surface area (Å²) in [6.07, 6.45) is 0. The lowest BCUT2D eigenvalue weighted by molar-refractivity contribution is -0.121. The van der Waals surface area contributed by atoms with Gasteiger partial charge in [0.1, 0.15) is 5.76 Å². The molecule has 0 saturated heterocycles. The Balaban J connectivity index is 1.69. The number of amides is 1. The maximum atomic E-state index is 12.6. The first kappa shape index (κ1) is 22.3. The number of furan rings is 1. The van der Waals surface area contributed by atoms with Gasteiger partial charge in [0.2, 0.25) is 15.9 Å². The first-order valence-electron chi connectivity index (χ1n) is 9.39. The van der Waals surface area contributed by atoms with Gasteiger partial charge in [-0.15, -0.1) is 0 Å². The molecule has 0 radical (unpaired) electrons. The lowest BCUT2D eigenvalue weighted by Gasteiger charge is -2.18. The average molecular weight is 495 g/mol. The summed E-state index contributed by atoms with van der Waals surface area (Å²) in [6.45, 7) is 3.87. The predicted octanol–water partition coefficient (Wildman–Crippen LogP) is 4.09. The van der Waals surface area contributed by atoms with Crippen LogP contribution in [0.15, 0.2) is 62.3 Å². The number of likely N-dealkylation sites (N-methyl/N-ethyl adjacent to an activating group) is 1. The Morgan fingerprint density at radius 2 is 1.93 bits per heavy atom. The predicted molar refractivity (Wildman–Crippen MR) is 118 cm³/mol. The Labute approximate surface area is 184 Å². The summed E-state index contributed by atoms with van der Waals surface area (Å²) in [4.78, 5) is 12.6. The Kier molecular flexibility index (Phi) is 6.84. The number of ether oxygens (including phenoxy) is 1. The maximum absolute atomic E-state index is 12.6. The fourth-order valence-electron chi connectivity index (χ4n) is 2.97. The molecule has 2 aromatic carbocycles. The summed E-state index contributed by atoms with van der Waals surface area (Å²) < 4.78 is 38.6. The molecule has 1 atom stereocenters. The summed E-state index contributed by atoms with van der Waals surface area (Å²) in [6, 6.07) is 13.2. The topological polar surface area (TPSA) is 88.9 Å². The zero-order chi connectivity index (χ0) is 21.9. The number of hydrogen-bond acceptors (Lipinski definition) is 5. The Hall–Kier alpha value is -2.36. The molecular formula is C21H23BrN2O5S. The number of fused-ring (bicyclic) bond motifs is 1. The van der Waals surface area contributed by atoms with Crippen molar-refractivity contribution in [1.29, 1.82) is 0 Å². The summed E-state index contributed by atoms with van der Waals surface area (Å²) in [5.74, 6) is 0.764. The van der Waals surface area contributed by atoms with Gasteiger partial charge in [-0.25, -0.2) is 8.42 Å². The number of carbonyl (C=O) groups excluding carboxylic acids is 1. The molecule has 0 bridgehead atoms. The van der Waals surface area contributed by atoms with Gasteiger partial charge >= 0.3 is 0 Å². The van der Waals surface area contributed by atoms with Crippen LogP contribution in [0.3, 0.4) is 0 Å². The number of nitrogens with zero attached hydrogens (tertiary/aromatic N) is 1. The summed E-state index contributed by atoms with van der Waals surface area (Å²) >= 11 is 3.28. The van der Waals surface area contributed by atoms with E-state index in [9.17, 15) is 13.2 Å². The van der Waals surface area contributed by atoms with Gasteiger partial charge in [0.15, 0.2) is 11.3 Å². The van der Waals surface area contributed by atoms with E-state index in [0.29, 0.717) is 23.7 Å². The number of sulfonamides is 1. The molecule has 1 N–H and O–H groups in total. The van der Waals surface area contributed by atoms with E-state index in [4.69, 9.17) is 9.15 Å². The van der Waals surface area contributed by atoms with E-state index in [1.165, 1.54) is 19.2 Å². The van der Waals surface area contributed by atoms with Gasteiger partial charge in [-0.2, -0.15) is 4.31 Å². The third-order valence-electron chi connectivity index (χ3n) is 4.52. The van der Waals surface area contributed by atoms with Gasteiger partial charge in [0.05, 0.1) is 24.1 Å². The minimum Gasteiger partial charge on any atom is -0.490 e. The highest BCUT2D eigenvalue weighted by Crippen LogP contribution is 2.31. The van der Waals surface area contributed by atoms with Crippen LogP contribution in [-0.2, 0) is 14.8 Å². The molecule has 1 amide bonds. The normalized spacial score (nSPS) is 12.8. The highest BCUT2D eigenvalue weighted by Gasteiger charge is 2.24. The van der Waals surface area contributed by atoms with Crippen LogP contribution in [-0.4, -0.2) is 38.8 Å². The van der Waals surface area contributed by atoms with Crippen LogP contribution in [0.25, 0.3) is 11.0 Å². The van der Waals surface area contributed by atoms with E-state index in [0.717, 1.165) is 14.2 Å². The second kappa shape index (κ2) is 9.20. The minimum atomic E-state index is -3.77. The summed E-state index contributed by atoms with van der Waals surface area (Å²) in [7, 11) is -2.40. The highest BCUT2D eigenvalue weighted by molar-refractivity contribution is 9.10. The van der Waals surface area contributed by atoms with E-state index in [1.54, 1.807) is 19.1 Å². The van der Waals surface area contributed by atoms with Gasteiger partial charge in [-0.05, 0) is 50.2 Å². The molecule has 30 heavy (non-hydrogen) atoms. The molecule has 0 aliphatic heterocycles. The van der Waals surface area contributed by atoms with Crippen molar-refractivity contribution < 1.29 is 22.4 Å². The van der Waals surface area contributed by atoms with Crippen LogP contribution >= 0.6 is 15.9 Å². The van der Waals surface area contributed by atoms with E-state index in [1.807, 2.05) is 31.2 Å². The Bertz CT molecular complexity index is 1140. The van der Waals surface area contributed by atoms with Crippen LogP contribution in [0.1, 0.15) is 25.6 Å². The van der Waals surface area contributed by atoms with Crippen LogP contribution < -0.4 is 10.1 Å². The average Bonchev–Trinajstić information content (AvgIpc) is 3.14. The van der Waals surface area contributed by atoms with Gasteiger partial charge < -0.3 is 14.5 Å². The lowest BCUT2D eigenvalue weighted by atomic mass is 10.2. The second-order valence-corrected chi connectivity index (χ2v) is 9.72. The van der Waals surface area contributed by atoms with Gasteiger partial charge in [-0.1, -0.05) is 28.1 Å². The number of halogens is 1. The van der Waals surface area contributed by atoms with Crippen molar-refractivity contribution in [2.45, 2.75) is 24.8 Å². The molecular weight excluding hydrogens is 472 g/mol. The molecule has 0 aliphatic carbocycles. The van der Waals surface area contributed by atoms with Crippen molar-refractivity contribution in [3.8, 4) is 5.75 Å². The molecule has 9 heteroatoms. The first-order valence-corrected chi connectivity index (χ1v) is 11.6. The Morgan fingerprint density at radius 1 is 1.23 bits per heavy atom. The first-order chi connectivity index (χ1) is 14.2. The largest absolute Gasteiger partial charge is 0.490 e. The fraction of sp³-hybridized carbons (Fsp3) is 0.286. The zero-order valence-corrected chi connectivity index (χ0v) is 19.3. The van der Waals surface area contributed by atoms with Crippen LogP contribution in [0.2, 0.25) is 0 Å². The minimum absolute atomic E-state index is 0.120. The van der Waals surface area contributed by atoms with Crippen molar-refractivity contribution in [2.75, 3.05) is 20.2 Å². The lowest BCUT2D eigenvalue weighted by Crippen LogP contribution is -2.39. The van der Waals surface area contributed by atoms with Crippen LogP contribution in [0, 0.1) is 0 Å². The van der Waals surface area contributed by atoms with E-state index in [2.05, 4.69) is 21.2 Å². The fourth-order valence-corrected chi connectivity index (χ4v) is 4.36. The molecule has 1 heterocycles. The molecule has 0 aliphatic rings. The van der Waals surface area contributed by atoms with Gasteiger partial charge in [-0.3, -0.25) is 4.79 Å². The SMILES string of the molecule is CCOc1cccc2cc(C(C)NC(=O)CN(C)S(=O)(=O)c3ccc(Br)cc3)oc12.